The third-order valence-corrected chi connectivity index (χ3v) is 5.13. The number of nitro groups is 1. The maximum atomic E-state index is 11.2. The first-order valence-electron chi connectivity index (χ1n) is 9.04. The van der Waals surface area contributed by atoms with Gasteiger partial charge in [0.15, 0.2) is 0 Å². The molecule has 0 atom stereocenters. The first kappa shape index (κ1) is 16.9. The molecular formula is C19H23N5O2. The van der Waals surface area contributed by atoms with Crippen LogP contribution in [-0.2, 0) is 0 Å². The molecule has 1 aromatic carbocycles. The zero-order valence-electron chi connectivity index (χ0n) is 14.9. The second-order valence-electron chi connectivity index (χ2n) is 7.01. The molecule has 26 heavy (non-hydrogen) atoms. The van der Waals surface area contributed by atoms with Crippen molar-refractivity contribution in [3.05, 3.63) is 46.1 Å². The lowest BCUT2D eigenvalue weighted by atomic mass is 10.0. The Morgan fingerprint density at radius 3 is 2.85 bits per heavy atom. The maximum absolute atomic E-state index is 11.2. The fourth-order valence-corrected chi connectivity index (χ4v) is 3.62. The van der Waals surface area contributed by atoms with Gasteiger partial charge in [0.25, 0.3) is 5.69 Å². The van der Waals surface area contributed by atoms with Gasteiger partial charge >= 0.3 is 0 Å². The van der Waals surface area contributed by atoms with Gasteiger partial charge in [-0.15, -0.1) is 0 Å². The molecule has 1 N–H and O–H groups in total. The fourth-order valence-electron chi connectivity index (χ4n) is 3.62. The second kappa shape index (κ2) is 7.01. The lowest BCUT2D eigenvalue weighted by Crippen LogP contribution is -2.42. The molecule has 0 bridgehead atoms. The van der Waals surface area contributed by atoms with Gasteiger partial charge in [-0.3, -0.25) is 15.4 Å². The van der Waals surface area contributed by atoms with Crippen LogP contribution in [0.2, 0.25) is 0 Å². The highest BCUT2D eigenvalue weighted by atomic mass is 16.6. The average molecular weight is 353 g/mol. The number of anilines is 1. The van der Waals surface area contributed by atoms with Crippen LogP contribution in [-0.4, -0.2) is 54.7 Å². The number of non-ortho nitro benzene ring substituents is 1. The quantitative estimate of drug-likeness (QED) is 0.675. The molecule has 136 valence electrons. The molecule has 2 aliphatic rings. The van der Waals surface area contributed by atoms with Gasteiger partial charge in [-0.25, -0.2) is 4.98 Å². The predicted octanol–water partition coefficient (Wildman–Crippen LogP) is 2.62. The van der Waals surface area contributed by atoms with Crippen LogP contribution in [0.1, 0.15) is 18.5 Å². The van der Waals surface area contributed by atoms with Crippen molar-refractivity contribution >= 4 is 27.9 Å². The van der Waals surface area contributed by atoms with Crippen molar-refractivity contribution in [3.8, 4) is 0 Å². The highest BCUT2D eigenvalue weighted by Crippen LogP contribution is 2.32. The number of nitrogens with zero attached hydrogens (tertiary/aromatic N) is 4. The van der Waals surface area contributed by atoms with E-state index in [0.29, 0.717) is 0 Å². The van der Waals surface area contributed by atoms with Crippen LogP contribution in [0.25, 0.3) is 16.3 Å². The first-order chi connectivity index (χ1) is 12.6. The smallest absolute Gasteiger partial charge is 0.270 e. The van der Waals surface area contributed by atoms with E-state index in [0.717, 1.165) is 68.0 Å². The minimum atomic E-state index is -0.337. The Morgan fingerprint density at radius 1 is 1.27 bits per heavy atom. The van der Waals surface area contributed by atoms with E-state index in [2.05, 4.69) is 28.2 Å². The van der Waals surface area contributed by atoms with E-state index in [1.165, 1.54) is 5.57 Å². The average Bonchev–Trinajstić information content (AvgIpc) is 2.68. The molecule has 3 heterocycles. The highest BCUT2D eigenvalue weighted by molar-refractivity contribution is 5.95. The predicted molar refractivity (Wildman–Crippen MR) is 103 cm³/mol. The van der Waals surface area contributed by atoms with Crippen LogP contribution in [0.3, 0.4) is 0 Å². The van der Waals surface area contributed by atoms with Crippen LogP contribution >= 0.6 is 0 Å². The largest absolute Gasteiger partial charge is 0.343 e. The molecule has 7 nitrogen and oxygen atoms in total. The van der Waals surface area contributed by atoms with E-state index in [1.807, 2.05) is 12.1 Å². The van der Waals surface area contributed by atoms with Crippen molar-refractivity contribution in [2.75, 3.05) is 44.8 Å². The summed E-state index contributed by atoms with van der Waals surface area (Å²) >= 11 is 0. The summed E-state index contributed by atoms with van der Waals surface area (Å²) in [6, 6.07) is 7.06. The molecule has 1 saturated heterocycles. The van der Waals surface area contributed by atoms with Crippen molar-refractivity contribution in [2.24, 2.45) is 0 Å². The van der Waals surface area contributed by atoms with E-state index < -0.39 is 0 Å². The topological polar surface area (TPSA) is 74.5 Å². The summed E-state index contributed by atoms with van der Waals surface area (Å²) in [6.07, 6.45) is 4.22. The Balaban J connectivity index is 1.85. The van der Waals surface area contributed by atoms with E-state index in [1.54, 1.807) is 12.1 Å². The Bertz CT molecular complexity index is 874. The number of likely N-dealkylation sites (N-methyl/N-ethyl adjacent to an activating group) is 1. The molecule has 4 rings (SSSR count). The number of hydrogen-bond acceptors (Lipinski definition) is 6. The minimum absolute atomic E-state index is 0.120. The fraction of sp³-hybridized carbons (Fsp3) is 0.421. The van der Waals surface area contributed by atoms with Crippen molar-refractivity contribution in [1.82, 2.24) is 15.2 Å². The number of rotatable bonds is 3. The van der Waals surface area contributed by atoms with Gasteiger partial charge in [-0.05, 0) is 49.5 Å². The lowest BCUT2D eigenvalue weighted by Gasteiger charge is -2.30. The standard InChI is InChI=1S/C19H23N5O2/c1-22-9-5-14(6-10-22)18-12-15-11-16(24(25)26)3-4-17(15)19(21-18)23-8-2-7-20-13-23/h3-5,11-12,20H,2,6-10,13H2,1H3. The van der Waals surface area contributed by atoms with Gasteiger partial charge < -0.3 is 9.80 Å². The summed E-state index contributed by atoms with van der Waals surface area (Å²) in [5.41, 5.74) is 2.28. The molecule has 0 amide bonds. The van der Waals surface area contributed by atoms with Gasteiger partial charge in [0.2, 0.25) is 0 Å². The molecule has 1 aromatic heterocycles. The van der Waals surface area contributed by atoms with Crippen LogP contribution in [0.4, 0.5) is 11.5 Å². The Kier molecular flexibility index (Phi) is 4.57. The first-order valence-corrected chi connectivity index (χ1v) is 9.04. The Morgan fingerprint density at radius 2 is 2.15 bits per heavy atom. The molecule has 0 radical (unpaired) electrons. The summed E-state index contributed by atoms with van der Waals surface area (Å²) in [5, 5.41) is 16.4. The normalized spacial score (nSPS) is 18.8. The maximum Gasteiger partial charge on any atom is 0.270 e. The second-order valence-corrected chi connectivity index (χ2v) is 7.01. The number of pyridine rings is 1. The van der Waals surface area contributed by atoms with Crippen LogP contribution in [0.15, 0.2) is 30.3 Å². The molecule has 0 spiro atoms. The van der Waals surface area contributed by atoms with E-state index in [4.69, 9.17) is 4.98 Å². The lowest BCUT2D eigenvalue weighted by molar-refractivity contribution is -0.384. The van der Waals surface area contributed by atoms with Gasteiger partial charge in [0, 0.05) is 37.2 Å². The van der Waals surface area contributed by atoms with Gasteiger partial charge in [-0.1, -0.05) is 6.08 Å². The molecule has 0 aliphatic carbocycles. The number of nitro benzene ring substituents is 1. The number of aromatic nitrogens is 1. The van der Waals surface area contributed by atoms with Crippen molar-refractivity contribution in [3.63, 3.8) is 0 Å². The zero-order valence-corrected chi connectivity index (χ0v) is 14.9. The Hall–Kier alpha value is -2.51. The molecule has 0 saturated carbocycles. The van der Waals surface area contributed by atoms with Crippen LogP contribution in [0.5, 0.6) is 0 Å². The minimum Gasteiger partial charge on any atom is -0.343 e. The number of benzene rings is 1. The third kappa shape index (κ3) is 3.27. The van der Waals surface area contributed by atoms with E-state index in [9.17, 15) is 10.1 Å². The van der Waals surface area contributed by atoms with Crippen LogP contribution in [0, 0.1) is 10.1 Å². The summed E-state index contributed by atoms with van der Waals surface area (Å²) in [6.45, 7) is 4.62. The SMILES string of the molecule is CN1CC=C(c2cc3cc([N+](=O)[O-])ccc3c(N3CCCNC3)n2)CC1. The summed E-state index contributed by atoms with van der Waals surface area (Å²) in [5.74, 6) is 0.916. The molecular weight excluding hydrogens is 330 g/mol. The molecule has 7 heteroatoms. The van der Waals surface area contributed by atoms with Gasteiger partial charge in [-0.2, -0.15) is 0 Å². The number of hydrogen-bond donors (Lipinski definition) is 1. The molecule has 1 fully saturated rings. The molecule has 0 unspecified atom stereocenters. The summed E-state index contributed by atoms with van der Waals surface area (Å²) in [4.78, 5) is 20.3. The molecule has 2 aromatic rings. The van der Waals surface area contributed by atoms with E-state index >= 15 is 0 Å². The van der Waals surface area contributed by atoms with Crippen LogP contribution < -0.4 is 10.2 Å². The van der Waals surface area contributed by atoms with Gasteiger partial charge in [0.05, 0.1) is 17.3 Å². The monoisotopic (exact) mass is 353 g/mol. The van der Waals surface area contributed by atoms with Crippen molar-refractivity contribution in [2.45, 2.75) is 12.8 Å². The van der Waals surface area contributed by atoms with Crippen molar-refractivity contribution in [1.29, 1.82) is 0 Å². The van der Waals surface area contributed by atoms with Crippen molar-refractivity contribution < 1.29 is 4.92 Å². The summed E-state index contributed by atoms with van der Waals surface area (Å²) < 4.78 is 0. The molecule has 2 aliphatic heterocycles. The summed E-state index contributed by atoms with van der Waals surface area (Å²) in [7, 11) is 2.11. The van der Waals surface area contributed by atoms with Gasteiger partial charge in [0.1, 0.15) is 5.82 Å². The number of nitrogens with one attached hydrogen (secondary N) is 1. The Labute approximate surface area is 152 Å². The zero-order chi connectivity index (χ0) is 18.1. The highest BCUT2D eigenvalue weighted by Gasteiger charge is 2.20. The van der Waals surface area contributed by atoms with E-state index in [-0.39, 0.29) is 10.6 Å². The third-order valence-electron chi connectivity index (χ3n) is 5.13. The number of fused-ring (bicyclic) bond motifs is 1.